The zero-order valence-electron chi connectivity index (χ0n) is 17.4. The number of alkyl halides is 3. The topological polar surface area (TPSA) is 60.5 Å². The molecular formula is C21H24ClF3N2O3. The predicted octanol–water partition coefficient (Wildman–Crippen LogP) is 6.50. The summed E-state index contributed by atoms with van der Waals surface area (Å²) in [6.45, 7) is 8.54. The Morgan fingerprint density at radius 3 is 2.30 bits per heavy atom. The summed E-state index contributed by atoms with van der Waals surface area (Å²) in [4.78, 5) is 16.1. The maximum absolute atomic E-state index is 13.8. The van der Waals surface area contributed by atoms with Gasteiger partial charge in [0.05, 0.1) is 0 Å². The van der Waals surface area contributed by atoms with Crippen molar-refractivity contribution in [3.05, 3.63) is 51.2 Å². The molecule has 1 N–H and O–H groups in total. The third kappa shape index (κ3) is 5.78. The number of hydrogen-bond donors (Lipinski definition) is 1. The number of carbonyl (C=O) groups is 1. The van der Waals surface area contributed by atoms with Crippen LogP contribution in [-0.4, -0.2) is 23.8 Å². The Hall–Kier alpha value is -2.48. The molecule has 1 atom stereocenters. The van der Waals surface area contributed by atoms with Crippen molar-refractivity contribution in [2.45, 2.75) is 53.3 Å². The van der Waals surface area contributed by atoms with Crippen molar-refractivity contribution in [3.63, 3.8) is 0 Å². The SMILES string of the molecule is CCCNC(=O)OC(c1cc(C)nc(Oc2c(C)cc(Cl)cc2C)c1C)C(F)(F)F. The first kappa shape index (κ1) is 23.8. The number of carbonyl (C=O) groups excluding carboxylic acids is 1. The van der Waals surface area contributed by atoms with Crippen LogP contribution in [0.2, 0.25) is 5.02 Å². The monoisotopic (exact) mass is 444 g/mol. The minimum absolute atomic E-state index is 0.00494. The lowest BCUT2D eigenvalue weighted by Crippen LogP contribution is -2.33. The maximum atomic E-state index is 13.8. The Morgan fingerprint density at radius 1 is 1.17 bits per heavy atom. The molecule has 1 aromatic carbocycles. The smallest absolute Gasteiger partial charge is 0.429 e. The average Bonchev–Trinajstić information content (AvgIpc) is 2.62. The van der Waals surface area contributed by atoms with Crippen molar-refractivity contribution in [1.82, 2.24) is 10.3 Å². The molecule has 2 rings (SSSR count). The second-order valence-electron chi connectivity index (χ2n) is 7.01. The molecule has 2 aromatic rings. The third-order valence-corrected chi connectivity index (χ3v) is 4.56. The van der Waals surface area contributed by atoms with Crippen LogP contribution in [0.3, 0.4) is 0 Å². The molecule has 0 saturated carbocycles. The Kier molecular flexibility index (Phi) is 7.58. The lowest BCUT2D eigenvalue weighted by Gasteiger charge is -2.24. The number of pyridine rings is 1. The van der Waals surface area contributed by atoms with E-state index in [1.807, 2.05) is 0 Å². The van der Waals surface area contributed by atoms with Gasteiger partial charge in [0, 0.05) is 28.4 Å². The van der Waals surface area contributed by atoms with Crippen molar-refractivity contribution >= 4 is 17.7 Å². The molecule has 0 saturated heterocycles. The predicted molar refractivity (Wildman–Crippen MR) is 108 cm³/mol. The van der Waals surface area contributed by atoms with Gasteiger partial charge in [-0.3, -0.25) is 0 Å². The lowest BCUT2D eigenvalue weighted by atomic mass is 10.0. The van der Waals surface area contributed by atoms with Crippen LogP contribution in [-0.2, 0) is 4.74 Å². The lowest BCUT2D eigenvalue weighted by molar-refractivity contribution is -0.206. The van der Waals surface area contributed by atoms with E-state index < -0.39 is 18.4 Å². The van der Waals surface area contributed by atoms with Crippen LogP contribution < -0.4 is 10.1 Å². The van der Waals surface area contributed by atoms with E-state index in [1.54, 1.807) is 39.8 Å². The third-order valence-electron chi connectivity index (χ3n) is 4.34. The average molecular weight is 445 g/mol. The van der Waals surface area contributed by atoms with Gasteiger partial charge in [-0.1, -0.05) is 18.5 Å². The highest BCUT2D eigenvalue weighted by molar-refractivity contribution is 6.30. The molecule has 0 radical (unpaired) electrons. The molecule has 0 bridgehead atoms. The maximum Gasteiger partial charge on any atom is 0.429 e. The highest BCUT2D eigenvalue weighted by Gasteiger charge is 2.45. The van der Waals surface area contributed by atoms with Crippen LogP contribution in [0, 0.1) is 27.7 Å². The summed E-state index contributed by atoms with van der Waals surface area (Å²) in [6.07, 6.45) is -7.84. The van der Waals surface area contributed by atoms with Crippen LogP contribution in [0.1, 0.15) is 47.4 Å². The van der Waals surface area contributed by atoms with Gasteiger partial charge in [-0.05, 0) is 63.4 Å². The van der Waals surface area contributed by atoms with E-state index >= 15 is 0 Å². The molecule has 1 heterocycles. The Bertz CT molecular complexity index is 909. The van der Waals surface area contributed by atoms with Gasteiger partial charge < -0.3 is 14.8 Å². The fourth-order valence-electron chi connectivity index (χ4n) is 2.94. The number of alkyl carbamates (subject to hydrolysis) is 1. The molecule has 0 aliphatic carbocycles. The summed E-state index contributed by atoms with van der Waals surface area (Å²) < 4.78 is 51.9. The molecular weight excluding hydrogens is 421 g/mol. The van der Waals surface area contributed by atoms with Gasteiger partial charge in [-0.25, -0.2) is 9.78 Å². The van der Waals surface area contributed by atoms with E-state index in [0.29, 0.717) is 34.0 Å². The molecule has 1 aromatic heterocycles. The van der Waals surface area contributed by atoms with Crippen molar-refractivity contribution in [2.75, 3.05) is 6.54 Å². The Balaban J connectivity index is 2.48. The summed E-state index contributed by atoms with van der Waals surface area (Å²) >= 11 is 6.03. The molecule has 5 nitrogen and oxygen atoms in total. The van der Waals surface area contributed by atoms with Crippen molar-refractivity contribution in [3.8, 4) is 11.6 Å². The number of hydrogen-bond acceptors (Lipinski definition) is 4. The zero-order chi connectivity index (χ0) is 22.6. The normalized spacial score (nSPS) is 12.4. The van der Waals surface area contributed by atoms with Crippen LogP contribution >= 0.6 is 11.6 Å². The second-order valence-corrected chi connectivity index (χ2v) is 7.44. The number of benzene rings is 1. The summed E-state index contributed by atoms with van der Waals surface area (Å²) in [5.74, 6) is 0.460. The number of amides is 1. The van der Waals surface area contributed by atoms with Crippen LogP contribution in [0.4, 0.5) is 18.0 Å². The van der Waals surface area contributed by atoms with Gasteiger partial charge in [-0.15, -0.1) is 0 Å². The number of aromatic nitrogens is 1. The van der Waals surface area contributed by atoms with Gasteiger partial charge in [-0.2, -0.15) is 13.2 Å². The van der Waals surface area contributed by atoms with Crippen molar-refractivity contribution in [1.29, 1.82) is 0 Å². The van der Waals surface area contributed by atoms with Crippen molar-refractivity contribution in [2.24, 2.45) is 0 Å². The molecule has 9 heteroatoms. The highest BCUT2D eigenvalue weighted by Crippen LogP contribution is 2.41. The van der Waals surface area contributed by atoms with Crippen LogP contribution in [0.25, 0.3) is 0 Å². The minimum Gasteiger partial charge on any atom is -0.438 e. The van der Waals surface area contributed by atoms with Crippen LogP contribution in [0.5, 0.6) is 11.6 Å². The molecule has 30 heavy (non-hydrogen) atoms. The number of halogens is 4. The number of rotatable bonds is 6. The van der Waals surface area contributed by atoms with E-state index in [1.165, 1.54) is 13.0 Å². The number of nitrogens with zero attached hydrogens (tertiary/aromatic N) is 1. The largest absolute Gasteiger partial charge is 0.438 e. The highest BCUT2D eigenvalue weighted by atomic mass is 35.5. The first-order valence-electron chi connectivity index (χ1n) is 9.38. The molecule has 1 amide bonds. The fourth-order valence-corrected chi connectivity index (χ4v) is 3.27. The van der Waals surface area contributed by atoms with Gasteiger partial charge in [0.15, 0.2) is 0 Å². The van der Waals surface area contributed by atoms with E-state index in [2.05, 4.69) is 10.3 Å². The standard InChI is InChI=1S/C21H24ClF3N2O3/c1-6-7-26-20(28)30-18(21(23,24)25)16-10-13(4)27-19(14(16)5)29-17-11(2)8-15(22)9-12(17)3/h8-10,18H,6-7H2,1-5H3,(H,26,28). The number of nitrogens with one attached hydrogen (secondary N) is 1. The summed E-state index contributed by atoms with van der Waals surface area (Å²) in [5.41, 5.74) is 1.61. The van der Waals surface area contributed by atoms with Gasteiger partial charge >= 0.3 is 12.3 Å². The van der Waals surface area contributed by atoms with E-state index in [-0.39, 0.29) is 23.6 Å². The van der Waals surface area contributed by atoms with E-state index in [9.17, 15) is 18.0 Å². The second kappa shape index (κ2) is 9.55. The quantitative estimate of drug-likeness (QED) is 0.552. The van der Waals surface area contributed by atoms with Crippen LogP contribution in [0.15, 0.2) is 18.2 Å². The van der Waals surface area contributed by atoms with E-state index in [4.69, 9.17) is 21.1 Å². The first-order valence-corrected chi connectivity index (χ1v) is 9.75. The molecule has 0 aliphatic rings. The van der Waals surface area contributed by atoms with Gasteiger partial charge in [0.2, 0.25) is 12.0 Å². The fraction of sp³-hybridized carbons (Fsp3) is 0.429. The van der Waals surface area contributed by atoms with E-state index in [0.717, 1.165) is 0 Å². The first-order chi connectivity index (χ1) is 13.9. The van der Waals surface area contributed by atoms with Crippen molar-refractivity contribution < 1.29 is 27.4 Å². The Morgan fingerprint density at radius 2 is 1.77 bits per heavy atom. The molecule has 0 fully saturated rings. The molecule has 0 aliphatic heterocycles. The Labute approximate surface area is 178 Å². The molecule has 1 unspecified atom stereocenters. The minimum atomic E-state index is -4.81. The summed E-state index contributed by atoms with van der Waals surface area (Å²) in [5, 5.41) is 2.82. The molecule has 0 spiro atoms. The zero-order valence-corrected chi connectivity index (χ0v) is 18.2. The number of ether oxygens (including phenoxy) is 2. The number of aryl methyl sites for hydroxylation is 3. The summed E-state index contributed by atoms with van der Waals surface area (Å²) in [7, 11) is 0. The molecule has 164 valence electrons. The van der Waals surface area contributed by atoms with Gasteiger partial charge in [0.1, 0.15) is 5.75 Å². The van der Waals surface area contributed by atoms with Gasteiger partial charge in [0.25, 0.3) is 0 Å². The summed E-state index contributed by atoms with van der Waals surface area (Å²) in [6, 6.07) is 4.63.